The zero-order valence-corrected chi connectivity index (χ0v) is 23.4. The van der Waals surface area contributed by atoms with E-state index in [1.165, 1.54) is 6.07 Å². The van der Waals surface area contributed by atoms with Crippen LogP contribution in [0, 0.1) is 0 Å². The monoisotopic (exact) mass is 642 g/mol. The number of H-pyrrole nitrogens is 1. The Morgan fingerprint density at radius 2 is 1.33 bits per heavy atom. The fraction of sp³-hybridized carbons (Fsp3) is 0. The Balaban J connectivity index is 1.65. The molecule has 0 spiro atoms. The predicted octanol–water partition coefficient (Wildman–Crippen LogP) is 9.39. The third-order valence-corrected chi connectivity index (χ3v) is 8.03. The number of benzene rings is 3. The van der Waals surface area contributed by atoms with E-state index in [0.29, 0.717) is 16.4 Å². The van der Waals surface area contributed by atoms with E-state index in [1.807, 2.05) is 0 Å². The third-order valence-electron chi connectivity index (χ3n) is 4.81. The Morgan fingerprint density at radius 1 is 0.750 bits per heavy atom. The number of rotatable bonds is 5. The van der Waals surface area contributed by atoms with Crippen molar-refractivity contribution in [1.29, 1.82) is 0 Å². The summed E-state index contributed by atoms with van der Waals surface area (Å²) in [4.78, 5) is 25.4. The summed E-state index contributed by atoms with van der Waals surface area (Å²) in [5.74, 6) is -0.298. The van der Waals surface area contributed by atoms with Crippen LogP contribution in [0.5, 0.6) is 0 Å². The van der Waals surface area contributed by atoms with Crippen molar-refractivity contribution in [3.8, 4) is 5.69 Å². The van der Waals surface area contributed by atoms with Gasteiger partial charge in [-0.15, -0.1) is 0 Å². The van der Waals surface area contributed by atoms with Crippen molar-refractivity contribution < 1.29 is 4.79 Å². The number of carbonyl (C=O) groups excluding carboxylic acids is 1. The number of nitrogens with zero attached hydrogens (tertiary/aromatic N) is 1. The lowest BCUT2D eigenvalue weighted by Crippen LogP contribution is -2.15. The Kier molecular flexibility index (Phi) is 8.29. The lowest BCUT2D eigenvalue weighted by Gasteiger charge is -2.13. The van der Waals surface area contributed by atoms with Gasteiger partial charge in [0.2, 0.25) is 0 Å². The minimum Gasteiger partial charge on any atom is -0.339 e. The number of carbonyl (C=O) groups is 1. The van der Waals surface area contributed by atoms with Gasteiger partial charge in [-0.2, -0.15) is 0 Å². The van der Waals surface area contributed by atoms with Crippen LogP contribution in [0.2, 0.25) is 40.2 Å². The molecule has 14 heteroatoms. The summed E-state index contributed by atoms with van der Waals surface area (Å²) in [6, 6.07) is 10.7. The van der Waals surface area contributed by atoms with Crippen molar-refractivity contribution in [3.63, 3.8) is 0 Å². The SMILES string of the molecule is O=C(Nc1ccc(Cl)c(Nc2cc(=O)n(-c3c(Cl)c(Cl)c(Cl)c(Cl)c3Cl)[nH]2)c1)c1c(Cl)cccc1Cl. The number of anilines is 3. The molecule has 6 nitrogen and oxygen atoms in total. The summed E-state index contributed by atoms with van der Waals surface area (Å²) < 4.78 is 1.04. The number of amides is 1. The van der Waals surface area contributed by atoms with Gasteiger partial charge in [0.15, 0.2) is 0 Å². The van der Waals surface area contributed by atoms with Crippen LogP contribution >= 0.6 is 92.8 Å². The first-order valence-electron chi connectivity index (χ1n) is 9.65. The number of aromatic amines is 1. The molecule has 3 N–H and O–H groups in total. The maximum Gasteiger partial charge on any atom is 0.273 e. The Hall–Kier alpha value is -1.74. The van der Waals surface area contributed by atoms with E-state index in [0.717, 1.165) is 4.68 Å². The largest absolute Gasteiger partial charge is 0.339 e. The molecular formula is C22H10Cl8N4O2. The molecule has 0 atom stereocenters. The van der Waals surface area contributed by atoms with Gasteiger partial charge in [0.05, 0.1) is 51.4 Å². The molecule has 36 heavy (non-hydrogen) atoms. The average molecular weight is 646 g/mol. The van der Waals surface area contributed by atoms with Gasteiger partial charge in [0.25, 0.3) is 11.5 Å². The predicted molar refractivity (Wildman–Crippen MR) is 151 cm³/mol. The number of aromatic nitrogens is 2. The normalized spacial score (nSPS) is 11.0. The number of nitrogens with one attached hydrogen (secondary N) is 3. The van der Waals surface area contributed by atoms with E-state index in [4.69, 9.17) is 92.8 Å². The summed E-state index contributed by atoms with van der Waals surface area (Å²) >= 11 is 49.4. The van der Waals surface area contributed by atoms with Crippen LogP contribution in [-0.4, -0.2) is 15.7 Å². The van der Waals surface area contributed by atoms with Crippen LogP contribution in [0.25, 0.3) is 5.69 Å². The smallest absolute Gasteiger partial charge is 0.273 e. The first kappa shape index (κ1) is 27.3. The molecule has 186 valence electrons. The molecule has 0 saturated carbocycles. The summed E-state index contributed by atoms with van der Waals surface area (Å²) in [7, 11) is 0. The van der Waals surface area contributed by atoms with Crippen molar-refractivity contribution in [2.45, 2.75) is 0 Å². The summed E-state index contributed by atoms with van der Waals surface area (Å²) in [5, 5.41) is 8.86. The van der Waals surface area contributed by atoms with Gasteiger partial charge in [0, 0.05) is 11.8 Å². The van der Waals surface area contributed by atoms with Gasteiger partial charge in [-0.3, -0.25) is 14.7 Å². The second-order valence-corrected chi connectivity index (χ2v) is 10.2. The minimum absolute atomic E-state index is 0.0134. The van der Waals surface area contributed by atoms with Crippen molar-refractivity contribution in [1.82, 2.24) is 9.78 Å². The molecule has 1 aromatic heterocycles. The van der Waals surface area contributed by atoms with Crippen molar-refractivity contribution >= 4 is 116 Å². The summed E-state index contributed by atoms with van der Waals surface area (Å²) in [5.41, 5.74) is 0.342. The first-order chi connectivity index (χ1) is 17.0. The van der Waals surface area contributed by atoms with Crippen molar-refractivity contribution in [2.75, 3.05) is 10.6 Å². The zero-order chi connectivity index (χ0) is 26.3. The van der Waals surface area contributed by atoms with E-state index in [9.17, 15) is 9.59 Å². The number of hydrogen-bond acceptors (Lipinski definition) is 3. The van der Waals surface area contributed by atoms with E-state index < -0.39 is 11.5 Å². The highest BCUT2D eigenvalue weighted by Gasteiger charge is 2.23. The number of halogens is 8. The molecule has 0 bridgehead atoms. The second kappa shape index (κ2) is 10.9. The van der Waals surface area contributed by atoms with Gasteiger partial charge in [0.1, 0.15) is 11.5 Å². The van der Waals surface area contributed by atoms with Crippen LogP contribution in [0.3, 0.4) is 0 Å². The van der Waals surface area contributed by atoms with Gasteiger partial charge in [-0.05, 0) is 30.3 Å². The molecule has 0 radical (unpaired) electrons. The molecule has 1 amide bonds. The van der Waals surface area contributed by atoms with Gasteiger partial charge in [-0.25, -0.2) is 4.68 Å². The number of hydrogen-bond donors (Lipinski definition) is 3. The van der Waals surface area contributed by atoms with Gasteiger partial charge < -0.3 is 10.6 Å². The highest BCUT2D eigenvalue weighted by atomic mass is 35.5. The zero-order valence-electron chi connectivity index (χ0n) is 17.3. The van der Waals surface area contributed by atoms with Crippen LogP contribution in [0.1, 0.15) is 10.4 Å². The topological polar surface area (TPSA) is 78.9 Å². The molecule has 1 heterocycles. The molecule has 4 aromatic rings. The first-order valence-corrected chi connectivity index (χ1v) is 12.7. The van der Waals surface area contributed by atoms with Gasteiger partial charge >= 0.3 is 0 Å². The van der Waals surface area contributed by atoms with Gasteiger partial charge in [-0.1, -0.05) is 98.9 Å². The lowest BCUT2D eigenvalue weighted by molar-refractivity contribution is 0.102. The molecular weight excluding hydrogens is 636 g/mol. The molecule has 3 aromatic carbocycles. The molecule has 0 saturated heterocycles. The highest BCUT2D eigenvalue weighted by Crippen LogP contribution is 2.45. The van der Waals surface area contributed by atoms with E-state index in [2.05, 4.69) is 15.7 Å². The molecule has 0 aliphatic rings. The van der Waals surface area contributed by atoms with E-state index in [1.54, 1.807) is 36.4 Å². The highest BCUT2D eigenvalue weighted by molar-refractivity contribution is 6.56. The average Bonchev–Trinajstić information content (AvgIpc) is 3.18. The molecule has 0 unspecified atom stereocenters. The van der Waals surface area contributed by atoms with Crippen LogP contribution in [0.15, 0.2) is 47.3 Å². The van der Waals surface area contributed by atoms with E-state index in [-0.39, 0.29) is 52.2 Å². The Bertz CT molecular complexity index is 1530. The fourth-order valence-electron chi connectivity index (χ4n) is 3.17. The van der Waals surface area contributed by atoms with Crippen LogP contribution < -0.4 is 16.2 Å². The van der Waals surface area contributed by atoms with Crippen LogP contribution in [0.4, 0.5) is 17.2 Å². The third kappa shape index (κ3) is 5.28. The van der Waals surface area contributed by atoms with Crippen LogP contribution in [-0.2, 0) is 0 Å². The quantitative estimate of drug-likeness (QED) is 0.149. The minimum atomic E-state index is -0.537. The Labute approximate surface area is 243 Å². The maximum absolute atomic E-state index is 12.7. The molecule has 0 aliphatic carbocycles. The lowest BCUT2D eigenvalue weighted by atomic mass is 10.2. The second-order valence-electron chi connectivity index (χ2n) is 7.13. The molecule has 0 aliphatic heterocycles. The maximum atomic E-state index is 12.7. The molecule has 4 rings (SSSR count). The summed E-state index contributed by atoms with van der Waals surface area (Å²) in [6.45, 7) is 0. The van der Waals surface area contributed by atoms with E-state index >= 15 is 0 Å². The van der Waals surface area contributed by atoms with Crippen molar-refractivity contribution in [3.05, 3.63) is 98.6 Å². The summed E-state index contributed by atoms with van der Waals surface area (Å²) in [6.07, 6.45) is 0. The van der Waals surface area contributed by atoms with Crippen molar-refractivity contribution in [2.24, 2.45) is 0 Å². The standard InChI is InChI=1S/C22H10Cl8N4O2/c23-9-5-4-8(31-22(36)15-10(24)2-1-3-11(15)25)6-12(9)32-13-7-14(35)34(33-13)21-19(29)17(27)16(26)18(28)20(21)30/h1-7,32-33H,(H,31,36). The Morgan fingerprint density at radius 3 is 1.94 bits per heavy atom. The fourth-order valence-corrected chi connectivity index (χ4v) is 5.20. The molecule has 0 fully saturated rings.